The number of aryl methyl sites for hydroxylation is 1. The number of nitrogens with one attached hydrogen (secondary N) is 2. The van der Waals surface area contributed by atoms with E-state index in [4.69, 9.17) is 4.74 Å². The summed E-state index contributed by atoms with van der Waals surface area (Å²) in [5.41, 5.74) is 2.68. The number of para-hydroxylation sites is 1. The van der Waals surface area contributed by atoms with Gasteiger partial charge in [0.25, 0.3) is 5.91 Å². The van der Waals surface area contributed by atoms with E-state index in [9.17, 15) is 9.59 Å². The Bertz CT molecular complexity index is 861. The molecule has 166 valence electrons. The molecule has 1 aliphatic heterocycles. The van der Waals surface area contributed by atoms with E-state index < -0.39 is 6.04 Å². The van der Waals surface area contributed by atoms with Crippen LogP contribution in [0.2, 0.25) is 0 Å². The van der Waals surface area contributed by atoms with Gasteiger partial charge in [0.15, 0.2) is 6.61 Å². The molecule has 0 radical (unpaired) electrons. The van der Waals surface area contributed by atoms with Crippen LogP contribution in [-0.4, -0.2) is 55.5 Å². The molecule has 6 heteroatoms. The maximum Gasteiger partial charge on any atom is 0.258 e. The highest BCUT2D eigenvalue weighted by atomic mass is 16.5. The molecular formula is C25H34N3O3+. The maximum atomic E-state index is 13.1. The van der Waals surface area contributed by atoms with E-state index in [1.807, 2.05) is 36.9 Å². The van der Waals surface area contributed by atoms with Crippen LogP contribution in [0.3, 0.4) is 0 Å². The Morgan fingerprint density at radius 1 is 1.03 bits per heavy atom. The van der Waals surface area contributed by atoms with E-state index >= 15 is 0 Å². The number of hydrogen-bond acceptors (Lipinski definition) is 3. The summed E-state index contributed by atoms with van der Waals surface area (Å²) < 4.78 is 5.51. The lowest BCUT2D eigenvalue weighted by molar-refractivity contribution is -0.917. The van der Waals surface area contributed by atoms with Gasteiger partial charge < -0.3 is 19.9 Å². The fourth-order valence-corrected chi connectivity index (χ4v) is 3.89. The highest BCUT2D eigenvalue weighted by Crippen LogP contribution is 2.10. The van der Waals surface area contributed by atoms with Crippen LogP contribution in [0.25, 0.3) is 0 Å². The Kier molecular flexibility index (Phi) is 8.06. The van der Waals surface area contributed by atoms with Crippen molar-refractivity contribution in [1.82, 2.24) is 10.2 Å². The van der Waals surface area contributed by atoms with Gasteiger partial charge in [0, 0.05) is 5.56 Å². The van der Waals surface area contributed by atoms with Crippen LogP contribution in [0, 0.1) is 12.8 Å². The summed E-state index contributed by atoms with van der Waals surface area (Å²) in [7, 11) is 0. The molecular weight excluding hydrogens is 390 g/mol. The minimum Gasteiger partial charge on any atom is -0.484 e. The fourth-order valence-electron chi connectivity index (χ4n) is 3.89. The van der Waals surface area contributed by atoms with Gasteiger partial charge in [0.2, 0.25) is 5.91 Å². The summed E-state index contributed by atoms with van der Waals surface area (Å²) >= 11 is 0. The number of carbonyl (C=O) groups is 2. The average molecular weight is 425 g/mol. The van der Waals surface area contributed by atoms with Crippen molar-refractivity contribution in [2.75, 3.05) is 32.8 Å². The van der Waals surface area contributed by atoms with Crippen LogP contribution in [0.5, 0.6) is 5.75 Å². The SMILES string of the molecule is Cc1ccccc1C[NH+]1CCN(C(=O)[C@@H](NC(=O)COc2ccccc2)C(C)C)CC1. The van der Waals surface area contributed by atoms with E-state index in [1.54, 1.807) is 12.1 Å². The van der Waals surface area contributed by atoms with Gasteiger partial charge in [-0.3, -0.25) is 9.59 Å². The molecule has 1 fully saturated rings. The van der Waals surface area contributed by atoms with Crippen molar-refractivity contribution >= 4 is 11.8 Å². The first-order chi connectivity index (χ1) is 14.9. The number of ether oxygens (including phenoxy) is 1. The number of nitrogens with zero attached hydrogens (tertiary/aromatic N) is 1. The van der Waals surface area contributed by atoms with Crippen LogP contribution in [0.4, 0.5) is 0 Å². The second-order valence-electron chi connectivity index (χ2n) is 8.57. The van der Waals surface area contributed by atoms with Crippen molar-refractivity contribution in [1.29, 1.82) is 0 Å². The number of rotatable bonds is 8. The van der Waals surface area contributed by atoms with Crippen molar-refractivity contribution in [3.05, 3.63) is 65.7 Å². The molecule has 2 amide bonds. The van der Waals surface area contributed by atoms with E-state index in [-0.39, 0.29) is 24.3 Å². The predicted octanol–water partition coefficient (Wildman–Crippen LogP) is 1.44. The Labute approximate surface area is 185 Å². The number of carbonyl (C=O) groups excluding carboxylic acids is 2. The van der Waals surface area contributed by atoms with Gasteiger partial charge in [0.05, 0.1) is 26.2 Å². The number of amides is 2. The highest BCUT2D eigenvalue weighted by molar-refractivity contribution is 5.88. The molecule has 1 atom stereocenters. The van der Waals surface area contributed by atoms with Gasteiger partial charge in [-0.15, -0.1) is 0 Å². The van der Waals surface area contributed by atoms with Gasteiger partial charge in [-0.1, -0.05) is 56.3 Å². The molecule has 3 rings (SSSR count). The molecule has 2 aromatic rings. The molecule has 31 heavy (non-hydrogen) atoms. The normalized spacial score (nSPS) is 15.5. The average Bonchev–Trinajstić information content (AvgIpc) is 2.78. The molecule has 6 nitrogen and oxygen atoms in total. The van der Waals surface area contributed by atoms with Crippen molar-refractivity contribution in [3.8, 4) is 5.75 Å². The van der Waals surface area contributed by atoms with Gasteiger partial charge in [-0.2, -0.15) is 0 Å². The second-order valence-corrected chi connectivity index (χ2v) is 8.57. The van der Waals surface area contributed by atoms with Crippen molar-refractivity contribution in [2.45, 2.75) is 33.4 Å². The smallest absolute Gasteiger partial charge is 0.258 e. The van der Waals surface area contributed by atoms with Gasteiger partial charge in [-0.05, 0) is 30.5 Å². The van der Waals surface area contributed by atoms with Gasteiger partial charge in [-0.25, -0.2) is 0 Å². The summed E-state index contributed by atoms with van der Waals surface area (Å²) in [5.74, 6) is 0.362. The Balaban J connectivity index is 1.49. The van der Waals surface area contributed by atoms with Crippen LogP contribution in [-0.2, 0) is 16.1 Å². The monoisotopic (exact) mass is 424 g/mol. The number of quaternary nitrogens is 1. The van der Waals surface area contributed by atoms with Crippen LogP contribution < -0.4 is 15.0 Å². The molecule has 0 aromatic heterocycles. The molecule has 0 spiro atoms. The van der Waals surface area contributed by atoms with E-state index in [0.29, 0.717) is 18.8 Å². The molecule has 2 aromatic carbocycles. The zero-order valence-corrected chi connectivity index (χ0v) is 18.8. The Hall–Kier alpha value is -2.86. The summed E-state index contributed by atoms with van der Waals surface area (Å²) in [4.78, 5) is 28.9. The summed E-state index contributed by atoms with van der Waals surface area (Å²) in [6.45, 7) is 10.2. The molecule has 1 heterocycles. The Morgan fingerprint density at radius 2 is 1.68 bits per heavy atom. The topological polar surface area (TPSA) is 63.1 Å². The number of benzene rings is 2. The van der Waals surface area contributed by atoms with Crippen LogP contribution in [0.15, 0.2) is 54.6 Å². The minimum atomic E-state index is -0.537. The quantitative estimate of drug-likeness (QED) is 0.674. The number of hydrogen-bond donors (Lipinski definition) is 2. The summed E-state index contributed by atoms with van der Waals surface area (Å²) in [5, 5.41) is 2.88. The van der Waals surface area contributed by atoms with E-state index in [0.717, 1.165) is 19.6 Å². The lowest BCUT2D eigenvalue weighted by Crippen LogP contribution is -3.13. The van der Waals surface area contributed by atoms with Crippen molar-refractivity contribution in [3.63, 3.8) is 0 Å². The van der Waals surface area contributed by atoms with E-state index in [2.05, 4.69) is 36.5 Å². The lowest BCUT2D eigenvalue weighted by atomic mass is 10.0. The van der Waals surface area contributed by atoms with Gasteiger partial charge in [0.1, 0.15) is 18.3 Å². The minimum absolute atomic E-state index is 0.00185. The molecule has 0 bridgehead atoms. The second kappa shape index (κ2) is 11.0. The third-order valence-corrected chi connectivity index (χ3v) is 5.85. The molecule has 1 aliphatic rings. The standard InChI is InChI=1S/C25H33N3O3/c1-19(2)24(26-23(29)18-31-22-11-5-4-6-12-22)25(30)28-15-13-27(14-16-28)17-21-10-8-7-9-20(21)3/h4-12,19,24H,13-18H2,1-3H3,(H,26,29)/p+1/t24-/m0/s1. The molecule has 2 N–H and O–H groups in total. The van der Waals surface area contributed by atoms with Crippen molar-refractivity contribution < 1.29 is 19.2 Å². The first kappa shape index (κ1) is 22.8. The lowest BCUT2D eigenvalue weighted by Gasteiger charge is -2.35. The van der Waals surface area contributed by atoms with Gasteiger partial charge >= 0.3 is 0 Å². The molecule has 0 saturated carbocycles. The Morgan fingerprint density at radius 3 is 2.32 bits per heavy atom. The molecule has 1 saturated heterocycles. The van der Waals surface area contributed by atoms with Crippen molar-refractivity contribution in [2.24, 2.45) is 5.92 Å². The van der Waals surface area contributed by atoms with Crippen LogP contribution in [0.1, 0.15) is 25.0 Å². The summed E-state index contributed by atoms with van der Waals surface area (Å²) in [6, 6.07) is 17.1. The summed E-state index contributed by atoms with van der Waals surface area (Å²) in [6.07, 6.45) is 0. The first-order valence-corrected chi connectivity index (χ1v) is 11.1. The van der Waals surface area contributed by atoms with Crippen LogP contribution >= 0.6 is 0 Å². The zero-order chi connectivity index (χ0) is 22.2. The highest BCUT2D eigenvalue weighted by Gasteiger charge is 2.32. The third-order valence-electron chi connectivity index (χ3n) is 5.85. The van der Waals surface area contributed by atoms with E-state index in [1.165, 1.54) is 16.0 Å². The number of piperazine rings is 1. The third kappa shape index (κ3) is 6.56. The first-order valence-electron chi connectivity index (χ1n) is 11.1. The molecule has 0 aliphatic carbocycles. The maximum absolute atomic E-state index is 13.1. The largest absolute Gasteiger partial charge is 0.484 e. The zero-order valence-electron chi connectivity index (χ0n) is 18.8. The fraction of sp³-hybridized carbons (Fsp3) is 0.440. The molecule has 0 unspecified atom stereocenters. The predicted molar refractivity (Wildman–Crippen MR) is 121 cm³/mol.